The number of likely N-dealkylation sites (N-methyl/N-ethyl adjacent to an activating group) is 2. The van der Waals surface area contributed by atoms with Crippen LogP contribution in [0.1, 0.15) is 42.1 Å². The Hall–Kier alpha value is -2.95. The summed E-state index contributed by atoms with van der Waals surface area (Å²) in [6, 6.07) is 11.6. The number of amidine groups is 1. The van der Waals surface area contributed by atoms with Gasteiger partial charge in [-0.15, -0.1) is 0 Å². The van der Waals surface area contributed by atoms with E-state index < -0.39 is 16.1 Å². The number of nitrogens with zero attached hydrogens (tertiary/aromatic N) is 3. The average Bonchev–Trinajstić information content (AvgIpc) is 3.19. The first-order valence-electron chi connectivity index (χ1n) is 12.3. The maximum Gasteiger partial charge on any atom is 0.249 e. The minimum atomic E-state index is -3.72. The Morgan fingerprint density at radius 2 is 1.81 bits per heavy atom. The number of carbonyl (C=O) groups is 1. The van der Waals surface area contributed by atoms with Crippen molar-refractivity contribution in [3.05, 3.63) is 58.7 Å². The van der Waals surface area contributed by atoms with Crippen LogP contribution in [0.15, 0.2) is 46.3 Å². The number of amides is 1. The summed E-state index contributed by atoms with van der Waals surface area (Å²) in [5, 5.41) is 2.88. The molecule has 2 unspecified atom stereocenters. The molecule has 1 amide bonds. The van der Waals surface area contributed by atoms with Crippen molar-refractivity contribution in [1.82, 2.24) is 14.5 Å². The molecule has 10 heteroatoms. The second-order valence-corrected chi connectivity index (χ2v) is 11.4. The third kappa shape index (κ3) is 6.88. The molecule has 9 nitrogen and oxygen atoms in total. The molecule has 1 aliphatic heterocycles. The van der Waals surface area contributed by atoms with Crippen molar-refractivity contribution in [2.75, 3.05) is 40.9 Å². The Kier molecular flexibility index (Phi) is 9.33. The molecule has 202 valence electrons. The fourth-order valence-electron chi connectivity index (χ4n) is 4.27. The molecule has 2 aromatic carbocycles. The van der Waals surface area contributed by atoms with Crippen molar-refractivity contribution in [3.63, 3.8) is 0 Å². The van der Waals surface area contributed by atoms with E-state index in [0.717, 1.165) is 23.5 Å². The van der Waals surface area contributed by atoms with Gasteiger partial charge in [-0.1, -0.05) is 24.3 Å². The van der Waals surface area contributed by atoms with Gasteiger partial charge in [0.1, 0.15) is 11.9 Å². The molecule has 0 radical (unpaired) electrons. The molecule has 0 aliphatic carbocycles. The molecule has 1 N–H and O–H groups in total. The quantitative estimate of drug-likeness (QED) is 0.479. The highest BCUT2D eigenvalue weighted by molar-refractivity contribution is 7.89. The summed E-state index contributed by atoms with van der Waals surface area (Å²) in [6.07, 6.45) is -0.717. The van der Waals surface area contributed by atoms with Crippen molar-refractivity contribution < 1.29 is 22.7 Å². The normalized spacial score (nSPS) is 16.6. The largest absolute Gasteiger partial charge is 0.497 e. The van der Waals surface area contributed by atoms with E-state index in [-0.39, 0.29) is 30.0 Å². The van der Waals surface area contributed by atoms with E-state index in [1.165, 1.54) is 11.4 Å². The van der Waals surface area contributed by atoms with Crippen LogP contribution in [0.4, 0.5) is 0 Å². The number of hydrogen-bond acceptors (Lipinski definition) is 7. The summed E-state index contributed by atoms with van der Waals surface area (Å²) in [6.45, 7) is 8.60. The zero-order valence-corrected chi connectivity index (χ0v) is 23.6. The highest BCUT2D eigenvalue weighted by Crippen LogP contribution is 2.28. The number of sulfonamides is 1. The van der Waals surface area contributed by atoms with E-state index in [1.807, 2.05) is 38.2 Å². The van der Waals surface area contributed by atoms with Gasteiger partial charge in [0.2, 0.25) is 15.9 Å². The summed E-state index contributed by atoms with van der Waals surface area (Å²) in [4.78, 5) is 19.6. The van der Waals surface area contributed by atoms with Gasteiger partial charge in [-0.05, 0) is 62.1 Å². The zero-order chi connectivity index (χ0) is 27.3. The van der Waals surface area contributed by atoms with Gasteiger partial charge in [-0.2, -0.15) is 4.31 Å². The van der Waals surface area contributed by atoms with E-state index in [4.69, 9.17) is 9.47 Å². The minimum Gasteiger partial charge on any atom is -0.497 e. The molecule has 2 atom stereocenters. The van der Waals surface area contributed by atoms with E-state index in [2.05, 4.69) is 15.2 Å². The van der Waals surface area contributed by atoms with Gasteiger partial charge in [-0.3, -0.25) is 9.79 Å². The number of hydrogen-bond donors (Lipinski definition) is 1. The standard InChI is InChI=1S/C27H38N4O5S/c1-18-14-24(35-7)15-19(2)26(18)37(33,34)31(6)12-13-36-20(3)27(32)28-16-22-8-10-23(11-9-22)25-17-30(5)21(4)29-25/h8-11,14-15,20,25H,12-13,16-17H2,1-7H3,(H,28,32). The predicted molar refractivity (Wildman–Crippen MR) is 144 cm³/mol. The summed E-state index contributed by atoms with van der Waals surface area (Å²) in [5.74, 6) is 1.39. The van der Waals surface area contributed by atoms with Crippen LogP contribution in [-0.2, 0) is 26.1 Å². The number of ether oxygens (including phenoxy) is 2. The van der Waals surface area contributed by atoms with Crippen LogP contribution in [0.25, 0.3) is 0 Å². The number of benzene rings is 2. The number of aryl methyl sites for hydroxylation is 2. The average molecular weight is 531 g/mol. The molecule has 2 aromatic rings. The smallest absolute Gasteiger partial charge is 0.249 e. The van der Waals surface area contributed by atoms with E-state index >= 15 is 0 Å². The molecular weight excluding hydrogens is 492 g/mol. The molecule has 0 bridgehead atoms. The van der Waals surface area contributed by atoms with Crippen molar-refractivity contribution >= 4 is 21.8 Å². The van der Waals surface area contributed by atoms with Crippen molar-refractivity contribution in [1.29, 1.82) is 0 Å². The van der Waals surface area contributed by atoms with Crippen molar-refractivity contribution in [2.24, 2.45) is 4.99 Å². The third-order valence-electron chi connectivity index (χ3n) is 6.65. The summed E-state index contributed by atoms with van der Waals surface area (Å²) < 4.78 is 38.4. The first kappa shape index (κ1) is 28.6. The number of methoxy groups -OCH3 is 1. The second kappa shape index (κ2) is 12.1. The van der Waals surface area contributed by atoms with Gasteiger partial charge in [0.25, 0.3) is 0 Å². The molecule has 0 spiro atoms. The fourth-order valence-corrected chi connectivity index (χ4v) is 5.83. The Morgan fingerprint density at radius 3 is 2.35 bits per heavy atom. The first-order valence-corrected chi connectivity index (χ1v) is 13.7. The van der Waals surface area contributed by atoms with E-state index in [0.29, 0.717) is 23.4 Å². The van der Waals surface area contributed by atoms with Gasteiger partial charge in [0.15, 0.2) is 0 Å². The Balaban J connectivity index is 1.47. The number of carbonyl (C=O) groups excluding carboxylic acids is 1. The number of aliphatic imine (C=N–C) groups is 1. The van der Waals surface area contributed by atoms with Gasteiger partial charge >= 0.3 is 0 Å². The first-order chi connectivity index (χ1) is 17.4. The number of nitrogens with one attached hydrogen (secondary N) is 1. The zero-order valence-electron chi connectivity index (χ0n) is 22.7. The molecule has 0 saturated heterocycles. The molecule has 0 fully saturated rings. The molecule has 3 rings (SSSR count). The molecule has 1 aliphatic rings. The lowest BCUT2D eigenvalue weighted by Crippen LogP contribution is -2.37. The summed E-state index contributed by atoms with van der Waals surface area (Å²) >= 11 is 0. The molecule has 1 heterocycles. The fraction of sp³-hybridized carbons (Fsp3) is 0.481. The van der Waals surface area contributed by atoms with Crippen molar-refractivity contribution in [3.8, 4) is 5.75 Å². The van der Waals surface area contributed by atoms with Gasteiger partial charge in [0.05, 0.1) is 30.5 Å². The van der Waals surface area contributed by atoms with Crippen molar-refractivity contribution in [2.45, 2.75) is 51.3 Å². The SMILES string of the molecule is COc1cc(C)c(S(=O)(=O)N(C)CCOC(C)C(=O)NCc2ccc(C3CN(C)C(C)=N3)cc2)c(C)c1. The van der Waals surface area contributed by atoms with Crippen LogP contribution in [0.5, 0.6) is 5.75 Å². The van der Waals surface area contributed by atoms with Crippen LogP contribution >= 0.6 is 0 Å². The maximum atomic E-state index is 13.1. The third-order valence-corrected chi connectivity index (χ3v) is 8.82. The van der Waals surface area contributed by atoms with E-state index in [9.17, 15) is 13.2 Å². The topological polar surface area (TPSA) is 101 Å². The van der Waals surface area contributed by atoms with Gasteiger partial charge in [0, 0.05) is 33.7 Å². The minimum absolute atomic E-state index is 0.0863. The van der Waals surface area contributed by atoms with Gasteiger partial charge in [-0.25, -0.2) is 8.42 Å². The van der Waals surface area contributed by atoms with Crippen LogP contribution in [0.2, 0.25) is 0 Å². The maximum absolute atomic E-state index is 13.1. The molecule has 37 heavy (non-hydrogen) atoms. The van der Waals surface area contributed by atoms with Crippen LogP contribution in [0, 0.1) is 13.8 Å². The highest BCUT2D eigenvalue weighted by atomic mass is 32.2. The Labute approximate surface area is 220 Å². The summed E-state index contributed by atoms with van der Waals surface area (Å²) in [7, 11) is 1.37. The van der Waals surface area contributed by atoms with Crippen LogP contribution in [0.3, 0.4) is 0 Å². The lowest BCUT2D eigenvalue weighted by Gasteiger charge is -2.21. The Morgan fingerprint density at radius 1 is 1.19 bits per heavy atom. The lowest BCUT2D eigenvalue weighted by molar-refractivity contribution is -0.131. The monoisotopic (exact) mass is 530 g/mol. The molecule has 0 aromatic heterocycles. The van der Waals surface area contributed by atoms with Crippen LogP contribution < -0.4 is 10.1 Å². The molecular formula is C27H38N4O5S. The number of rotatable bonds is 11. The molecule has 0 saturated carbocycles. The second-order valence-electron chi connectivity index (χ2n) is 9.46. The lowest BCUT2D eigenvalue weighted by atomic mass is 10.1. The predicted octanol–water partition coefficient (Wildman–Crippen LogP) is 3.06. The highest BCUT2D eigenvalue weighted by Gasteiger charge is 2.26. The Bertz CT molecular complexity index is 1220. The van der Waals surface area contributed by atoms with Gasteiger partial charge < -0.3 is 19.7 Å². The van der Waals surface area contributed by atoms with E-state index in [1.54, 1.807) is 40.0 Å². The summed E-state index contributed by atoms with van der Waals surface area (Å²) in [5.41, 5.74) is 3.36. The van der Waals surface area contributed by atoms with Crippen LogP contribution in [-0.4, -0.2) is 76.4 Å².